The van der Waals surface area contributed by atoms with Crippen LogP contribution in [0.15, 0.2) is 11.8 Å². The molecule has 0 unspecified atom stereocenters. The van der Waals surface area contributed by atoms with E-state index in [1.165, 1.54) is 12.2 Å². The molecule has 0 aromatic heterocycles. The Bertz CT molecular complexity index is 332. The van der Waals surface area contributed by atoms with Gasteiger partial charge in [-0.3, -0.25) is 0 Å². The van der Waals surface area contributed by atoms with E-state index in [-0.39, 0.29) is 5.41 Å². The Morgan fingerprint density at radius 3 is 2.71 bits per heavy atom. The lowest BCUT2D eigenvalue weighted by molar-refractivity contribution is 0.139. The summed E-state index contributed by atoms with van der Waals surface area (Å²) in [4.78, 5) is 0. The molecular formula is C15H26OSi. The van der Waals surface area contributed by atoms with Crippen molar-refractivity contribution >= 4 is 8.32 Å². The topological polar surface area (TPSA) is 9.23 Å². The normalized spacial score (nSPS) is 29.4. The largest absolute Gasteiger partial charge is 0.547 e. The van der Waals surface area contributed by atoms with Gasteiger partial charge >= 0.3 is 0 Å². The molecular weight excluding hydrogens is 224 g/mol. The number of terminal acetylenes is 1. The molecule has 0 N–H and O–H groups in total. The quantitative estimate of drug-likeness (QED) is 0.524. The van der Waals surface area contributed by atoms with Gasteiger partial charge in [0.05, 0.1) is 5.76 Å². The van der Waals surface area contributed by atoms with E-state index in [0.29, 0.717) is 5.92 Å². The summed E-state index contributed by atoms with van der Waals surface area (Å²) in [6.45, 7) is 11.4. The van der Waals surface area contributed by atoms with E-state index < -0.39 is 8.32 Å². The van der Waals surface area contributed by atoms with Gasteiger partial charge < -0.3 is 4.43 Å². The average Bonchev–Trinajstić information content (AvgIpc) is 2.21. The molecule has 17 heavy (non-hydrogen) atoms. The van der Waals surface area contributed by atoms with E-state index in [9.17, 15) is 0 Å². The second kappa shape index (κ2) is 5.31. The number of hydrogen-bond acceptors (Lipinski definition) is 1. The van der Waals surface area contributed by atoms with Crippen LogP contribution in [0.2, 0.25) is 19.6 Å². The van der Waals surface area contributed by atoms with E-state index in [1.807, 2.05) is 0 Å². The van der Waals surface area contributed by atoms with E-state index in [1.54, 1.807) is 0 Å². The molecule has 0 aromatic rings. The van der Waals surface area contributed by atoms with Crippen molar-refractivity contribution in [2.75, 3.05) is 0 Å². The van der Waals surface area contributed by atoms with E-state index in [4.69, 9.17) is 10.8 Å². The van der Waals surface area contributed by atoms with Crippen LogP contribution < -0.4 is 0 Å². The molecule has 0 radical (unpaired) electrons. The zero-order valence-corrected chi connectivity index (χ0v) is 13.0. The summed E-state index contributed by atoms with van der Waals surface area (Å²) in [6, 6.07) is 0. The van der Waals surface area contributed by atoms with Crippen molar-refractivity contribution in [1.82, 2.24) is 0 Å². The summed E-state index contributed by atoms with van der Waals surface area (Å²) >= 11 is 0. The first-order chi connectivity index (χ1) is 7.79. The monoisotopic (exact) mass is 250 g/mol. The lowest BCUT2D eigenvalue weighted by Crippen LogP contribution is -2.37. The van der Waals surface area contributed by atoms with Crippen LogP contribution in [-0.2, 0) is 4.43 Å². The standard InChI is InChI=1S/C15H26OSi/c1-7-8-12-15(3)13(2)10-9-11-14(15)16-17(4,5)6/h1,11,13H,8-10,12H2,2-6H3/t13-,15+/m1/s1. The van der Waals surface area contributed by atoms with Crippen molar-refractivity contribution in [1.29, 1.82) is 0 Å². The van der Waals surface area contributed by atoms with Crippen molar-refractivity contribution in [3.63, 3.8) is 0 Å². The van der Waals surface area contributed by atoms with E-state index in [0.717, 1.165) is 19.3 Å². The van der Waals surface area contributed by atoms with Crippen LogP contribution in [0, 0.1) is 23.7 Å². The minimum Gasteiger partial charge on any atom is -0.547 e. The summed E-state index contributed by atoms with van der Waals surface area (Å²) in [7, 11) is -1.52. The molecule has 0 saturated carbocycles. The van der Waals surface area contributed by atoms with Crippen LogP contribution in [0.1, 0.15) is 39.5 Å². The Labute approximate surface area is 108 Å². The van der Waals surface area contributed by atoms with Gasteiger partial charge in [-0.15, -0.1) is 12.3 Å². The van der Waals surface area contributed by atoms with Crippen LogP contribution in [0.25, 0.3) is 0 Å². The Morgan fingerprint density at radius 2 is 2.18 bits per heavy atom. The minimum atomic E-state index is -1.52. The molecule has 96 valence electrons. The first kappa shape index (κ1) is 14.4. The van der Waals surface area contributed by atoms with Crippen molar-refractivity contribution in [3.8, 4) is 12.3 Å². The predicted octanol–water partition coefficient (Wildman–Crippen LogP) is 4.57. The zero-order valence-electron chi connectivity index (χ0n) is 12.0. The number of rotatable bonds is 4. The summed E-state index contributed by atoms with van der Waals surface area (Å²) in [5.41, 5.74) is 0.144. The third kappa shape index (κ3) is 3.64. The second-order valence-corrected chi connectivity index (χ2v) is 10.8. The Balaban J connectivity index is 2.91. The molecule has 2 heteroatoms. The molecule has 2 atom stereocenters. The lowest BCUT2D eigenvalue weighted by Gasteiger charge is -2.42. The van der Waals surface area contributed by atoms with Gasteiger partial charge in [0.1, 0.15) is 0 Å². The Hall–Kier alpha value is -0.683. The summed E-state index contributed by atoms with van der Waals surface area (Å²) in [5, 5.41) is 0. The van der Waals surface area contributed by atoms with Crippen molar-refractivity contribution < 1.29 is 4.43 Å². The van der Waals surface area contributed by atoms with Gasteiger partial charge in [0.2, 0.25) is 8.32 Å². The molecule has 0 saturated heterocycles. The average molecular weight is 250 g/mol. The van der Waals surface area contributed by atoms with Crippen LogP contribution in [0.5, 0.6) is 0 Å². The highest BCUT2D eigenvalue weighted by atomic mass is 28.4. The lowest BCUT2D eigenvalue weighted by atomic mass is 9.68. The third-order valence-corrected chi connectivity index (χ3v) is 4.62. The first-order valence-electron chi connectivity index (χ1n) is 6.63. The van der Waals surface area contributed by atoms with Crippen molar-refractivity contribution in [3.05, 3.63) is 11.8 Å². The van der Waals surface area contributed by atoms with Crippen molar-refractivity contribution in [2.24, 2.45) is 11.3 Å². The Kier molecular flexibility index (Phi) is 4.49. The van der Waals surface area contributed by atoms with Crippen LogP contribution in [-0.4, -0.2) is 8.32 Å². The van der Waals surface area contributed by atoms with Gasteiger partial charge in [0.15, 0.2) is 0 Å². The fourth-order valence-corrected chi connectivity index (χ4v) is 3.42. The Morgan fingerprint density at radius 1 is 1.53 bits per heavy atom. The highest BCUT2D eigenvalue weighted by Crippen LogP contribution is 2.46. The van der Waals surface area contributed by atoms with Crippen molar-refractivity contribution in [2.45, 2.75) is 59.2 Å². The SMILES string of the molecule is C#CCC[C@]1(C)C(O[Si](C)(C)C)=CCC[C@H]1C. The molecule has 0 aromatic carbocycles. The fourth-order valence-electron chi connectivity index (χ4n) is 2.45. The van der Waals surface area contributed by atoms with Gasteiger partial charge in [0, 0.05) is 11.8 Å². The third-order valence-electron chi connectivity index (χ3n) is 3.78. The zero-order chi connectivity index (χ0) is 13.1. The smallest absolute Gasteiger partial charge is 0.241 e. The highest BCUT2D eigenvalue weighted by Gasteiger charge is 2.39. The molecule has 0 amide bonds. The maximum absolute atomic E-state index is 6.29. The maximum Gasteiger partial charge on any atom is 0.241 e. The second-order valence-electron chi connectivity index (χ2n) is 6.38. The predicted molar refractivity (Wildman–Crippen MR) is 77.1 cm³/mol. The molecule has 0 heterocycles. The van der Waals surface area contributed by atoms with Gasteiger partial charge in [-0.2, -0.15) is 0 Å². The molecule has 1 rings (SSSR count). The van der Waals surface area contributed by atoms with Crippen LogP contribution in [0.3, 0.4) is 0 Å². The molecule has 1 aliphatic carbocycles. The fraction of sp³-hybridized carbons (Fsp3) is 0.733. The van der Waals surface area contributed by atoms with Crippen LogP contribution in [0.4, 0.5) is 0 Å². The van der Waals surface area contributed by atoms with Gasteiger partial charge in [-0.1, -0.05) is 13.8 Å². The van der Waals surface area contributed by atoms with E-state index in [2.05, 4.69) is 45.5 Å². The minimum absolute atomic E-state index is 0.144. The summed E-state index contributed by atoms with van der Waals surface area (Å²) in [6.07, 6.45) is 12.0. The molecule has 0 aliphatic heterocycles. The van der Waals surface area contributed by atoms with Crippen LogP contribution >= 0.6 is 0 Å². The number of allylic oxidation sites excluding steroid dienone is 2. The molecule has 0 bridgehead atoms. The maximum atomic E-state index is 6.29. The highest BCUT2D eigenvalue weighted by molar-refractivity contribution is 6.70. The molecule has 0 spiro atoms. The molecule has 1 nitrogen and oxygen atoms in total. The van der Waals surface area contributed by atoms with Gasteiger partial charge in [-0.05, 0) is 50.9 Å². The van der Waals surface area contributed by atoms with Gasteiger partial charge in [0.25, 0.3) is 0 Å². The molecule has 1 aliphatic rings. The number of hydrogen-bond donors (Lipinski definition) is 0. The molecule has 0 fully saturated rings. The summed E-state index contributed by atoms with van der Waals surface area (Å²) in [5.74, 6) is 4.65. The van der Waals surface area contributed by atoms with E-state index >= 15 is 0 Å². The first-order valence-corrected chi connectivity index (χ1v) is 10.0. The van der Waals surface area contributed by atoms with Gasteiger partial charge in [-0.25, -0.2) is 0 Å². The summed E-state index contributed by atoms with van der Waals surface area (Å²) < 4.78 is 6.29.